The maximum Gasteiger partial charge on any atom is 0.338 e. The maximum atomic E-state index is 11.8. The molecule has 1 aliphatic rings. The molecule has 6 nitrogen and oxygen atoms in total. The van der Waals surface area contributed by atoms with Crippen LogP contribution in [0.2, 0.25) is 0 Å². The molecule has 2 atom stereocenters. The van der Waals surface area contributed by atoms with Crippen LogP contribution < -0.4 is 5.32 Å². The van der Waals surface area contributed by atoms with Crippen LogP contribution >= 0.6 is 0 Å². The number of ether oxygens (including phenoxy) is 1. The number of benzene rings is 1. The zero-order valence-electron chi connectivity index (χ0n) is 9.96. The molecule has 0 spiro atoms. The molecule has 18 heavy (non-hydrogen) atoms. The largest absolute Gasteiger partial charge is 0.457 e. The molecule has 0 aliphatic carbocycles. The van der Waals surface area contributed by atoms with E-state index in [2.05, 4.69) is 5.32 Å². The molecule has 6 heteroatoms. The fourth-order valence-electron chi connectivity index (χ4n) is 1.92. The van der Waals surface area contributed by atoms with Crippen molar-refractivity contribution in [1.29, 1.82) is 0 Å². The third kappa shape index (κ3) is 2.65. The monoisotopic (exact) mass is 250 g/mol. The third-order valence-electron chi connectivity index (χ3n) is 3.03. The Bertz CT molecular complexity index is 458. The molecule has 0 amide bonds. The van der Waals surface area contributed by atoms with Crippen molar-refractivity contribution in [2.24, 2.45) is 0 Å². The van der Waals surface area contributed by atoms with E-state index in [4.69, 9.17) is 4.74 Å². The first kappa shape index (κ1) is 12.5. The maximum absolute atomic E-state index is 11.8. The van der Waals surface area contributed by atoms with Crippen LogP contribution in [-0.4, -0.2) is 29.6 Å². The number of carbonyl (C=O) groups excluding carboxylic acids is 1. The number of nitrogens with one attached hydrogen (secondary N) is 1. The molecule has 1 fully saturated rings. The third-order valence-corrected chi connectivity index (χ3v) is 3.03. The van der Waals surface area contributed by atoms with E-state index in [0.29, 0.717) is 5.56 Å². The molecular weight excluding hydrogens is 236 g/mol. The first-order valence-corrected chi connectivity index (χ1v) is 5.77. The minimum atomic E-state index is -0.502. The number of rotatable bonds is 3. The van der Waals surface area contributed by atoms with Gasteiger partial charge in [0.05, 0.1) is 10.5 Å². The van der Waals surface area contributed by atoms with Gasteiger partial charge >= 0.3 is 5.97 Å². The smallest absolute Gasteiger partial charge is 0.338 e. The lowest BCUT2D eigenvalue weighted by molar-refractivity contribution is -0.384. The average Bonchev–Trinajstić information content (AvgIpc) is 2.75. The SMILES string of the molecule is CC1NCCC1OC(=O)c1ccc([N+](=O)[O-])cc1. The van der Waals surface area contributed by atoms with Crippen molar-refractivity contribution >= 4 is 11.7 Å². The predicted octanol–water partition coefficient (Wildman–Crippen LogP) is 1.50. The van der Waals surface area contributed by atoms with Gasteiger partial charge in [0.2, 0.25) is 0 Å². The van der Waals surface area contributed by atoms with Crippen LogP contribution in [0.5, 0.6) is 0 Å². The van der Waals surface area contributed by atoms with Crippen LogP contribution in [0.15, 0.2) is 24.3 Å². The van der Waals surface area contributed by atoms with Crippen LogP contribution in [0.1, 0.15) is 23.7 Å². The van der Waals surface area contributed by atoms with E-state index >= 15 is 0 Å². The number of hydrogen-bond acceptors (Lipinski definition) is 5. The van der Waals surface area contributed by atoms with Gasteiger partial charge in [-0.2, -0.15) is 0 Å². The molecule has 1 N–H and O–H groups in total. The number of non-ortho nitro benzene ring substituents is 1. The minimum Gasteiger partial charge on any atom is -0.457 e. The lowest BCUT2D eigenvalue weighted by atomic mass is 10.2. The number of nitro benzene ring substituents is 1. The van der Waals surface area contributed by atoms with Gasteiger partial charge in [0.1, 0.15) is 6.10 Å². The molecule has 2 rings (SSSR count). The van der Waals surface area contributed by atoms with Gasteiger partial charge in [0, 0.05) is 18.2 Å². The lowest BCUT2D eigenvalue weighted by Crippen LogP contribution is -2.30. The van der Waals surface area contributed by atoms with Crippen molar-refractivity contribution in [3.63, 3.8) is 0 Å². The Balaban J connectivity index is 2.02. The number of hydrogen-bond donors (Lipinski definition) is 1. The van der Waals surface area contributed by atoms with Crippen molar-refractivity contribution < 1.29 is 14.5 Å². The summed E-state index contributed by atoms with van der Waals surface area (Å²) in [6, 6.07) is 5.56. The molecular formula is C12H14N2O4. The second-order valence-electron chi connectivity index (χ2n) is 4.28. The molecule has 2 unspecified atom stereocenters. The highest BCUT2D eigenvalue weighted by atomic mass is 16.6. The summed E-state index contributed by atoms with van der Waals surface area (Å²) in [5.41, 5.74) is 0.294. The molecule has 1 aromatic carbocycles. The topological polar surface area (TPSA) is 81.5 Å². The zero-order valence-corrected chi connectivity index (χ0v) is 9.96. The van der Waals surface area contributed by atoms with Crippen LogP contribution in [0.25, 0.3) is 0 Å². The van der Waals surface area contributed by atoms with E-state index in [9.17, 15) is 14.9 Å². The minimum absolute atomic E-state index is 0.0394. The van der Waals surface area contributed by atoms with Gasteiger partial charge in [-0.1, -0.05) is 0 Å². The van der Waals surface area contributed by atoms with E-state index in [-0.39, 0.29) is 17.8 Å². The van der Waals surface area contributed by atoms with Crippen molar-refractivity contribution in [2.75, 3.05) is 6.54 Å². The van der Waals surface area contributed by atoms with Gasteiger partial charge < -0.3 is 10.1 Å². The second kappa shape index (κ2) is 5.14. The van der Waals surface area contributed by atoms with Crippen LogP contribution in [0.3, 0.4) is 0 Å². The average molecular weight is 250 g/mol. The summed E-state index contributed by atoms with van der Waals surface area (Å²) in [4.78, 5) is 21.8. The first-order chi connectivity index (χ1) is 8.58. The van der Waals surface area contributed by atoms with Gasteiger partial charge in [0.25, 0.3) is 5.69 Å². The quantitative estimate of drug-likeness (QED) is 0.499. The summed E-state index contributed by atoms with van der Waals surface area (Å²) >= 11 is 0. The fourth-order valence-corrected chi connectivity index (χ4v) is 1.92. The number of nitro groups is 1. The van der Waals surface area contributed by atoms with E-state index in [1.165, 1.54) is 24.3 Å². The van der Waals surface area contributed by atoms with E-state index in [0.717, 1.165) is 13.0 Å². The standard InChI is InChI=1S/C12H14N2O4/c1-8-11(6-7-13-8)18-12(15)9-2-4-10(5-3-9)14(16)17/h2-5,8,11,13H,6-7H2,1H3. The molecule has 1 saturated heterocycles. The van der Waals surface area contributed by atoms with Crippen molar-refractivity contribution in [3.8, 4) is 0 Å². The Morgan fingerprint density at radius 1 is 1.44 bits per heavy atom. The van der Waals surface area contributed by atoms with Gasteiger partial charge in [-0.05, 0) is 32.0 Å². The molecule has 1 aromatic rings. The van der Waals surface area contributed by atoms with Crippen molar-refractivity contribution in [3.05, 3.63) is 39.9 Å². The summed E-state index contributed by atoms with van der Waals surface area (Å²) in [5.74, 6) is -0.439. The second-order valence-corrected chi connectivity index (χ2v) is 4.28. The molecule has 0 bridgehead atoms. The van der Waals surface area contributed by atoms with Gasteiger partial charge in [-0.25, -0.2) is 4.79 Å². The Morgan fingerprint density at radius 3 is 2.61 bits per heavy atom. The Morgan fingerprint density at radius 2 is 2.11 bits per heavy atom. The Hall–Kier alpha value is -1.95. The fraction of sp³-hybridized carbons (Fsp3) is 0.417. The van der Waals surface area contributed by atoms with E-state index in [1.807, 2.05) is 6.92 Å². The highest BCUT2D eigenvalue weighted by molar-refractivity contribution is 5.89. The summed E-state index contributed by atoms with van der Waals surface area (Å²) < 4.78 is 5.34. The Kier molecular flexibility index (Phi) is 3.57. The van der Waals surface area contributed by atoms with E-state index < -0.39 is 10.9 Å². The summed E-state index contributed by atoms with van der Waals surface area (Å²) in [7, 11) is 0. The van der Waals surface area contributed by atoms with Crippen LogP contribution in [0.4, 0.5) is 5.69 Å². The summed E-state index contributed by atoms with van der Waals surface area (Å²) in [6.07, 6.45) is 0.660. The van der Waals surface area contributed by atoms with Gasteiger partial charge in [0.15, 0.2) is 0 Å². The van der Waals surface area contributed by atoms with Gasteiger partial charge in [-0.15, -0.1) is 0 Å². The Labute approximate surface area is 104 Å². The summed E-state index contributed by atoms with van der Waals surface area (Å²) in [5, 5.41) is 13.7. The van der Waals surface area contributed by atoms with Crippen molar-refractivity contribution in [2.45, 2.75) is 25.5 Å². The highest BCUT2D eigenvalue weighted by Crippen LogP contribution is 2.16. The molecule has 1 heterocycles. The van der Waals surface area contributed by atoms with Gasteiger partial charge in [-0.3, -0.25) is 10.1 Å². The predicted molar refractivity (Wildman–Crippen MR) is 64.4 cm³/mol. The van der Waals surface area contributed by atoms with Crippen molar-refractivity contribution in [1.82, 2.24) is 5.32 Å². The van der Waals surface area contributed by atoms with Crippen LogP contribution in [-0.2, 0) is 4.74 Å². The summed E-state index contributed by atoms with van der Waals surface area (Å²) in [6.45, 7) is 2.79. The zero-order chi connectivity index (χ0) is 13.1. The molecule has 0 saturated carbocycles. The normalized spacial score (nSPS) is 22.7. The highest BCUT2D eigenvalue weighted by Gasteiger charge is 2.26. The molecule has 0 radical (unpaired) electrons. The van der Waals surface area contributed by atoms with E-state index in [1.54, 1.807) is 0 Å². The van der Waals surface area contributed by atoms with Crippen LogP contribution in [0, 0.1) is 10.1 Å². The lowest BCUT2D eigenvalue weighted by Gasteiger charge is -2.15. The molecule has 96 valence electrons. The number of esters is 1. The number of nitrogens with zero attached hydrogens (tertiary/aromatic N) is 1. The first-order valence-electron chi connectivity index (χ1n) is 5.77. The molecule has 0 aromatic heterocycles. The number of carbonyl (C=O) groups is 1. The molecule has 1 aliphatic heterocycles.